The zero-order valence-corrected chi connectivity index (χ0v) is 12.0. The van der Waals surface area contributed by atoms with Crippen LogP contribution < -0.4 is 10.9 Å². The first-order chi connectivity index (χ1) is 9.54. The van der Waals surface area contributed by atoms with E-state index in [1.54, 1.807) is 18.3 Å². The molecule has 0 bridgehead atoms. The molecule has 0 aliphatic carbocycles. The number of pyridine rings is 1. The van der Waals surface area contributed by atoms with Crippen LogP contribution in [-0.4, -0.2) is 10.9 Å². The van der Waals surface area contributed by atoms with E-state index in [0.29, 0.717) is 16.6 Å². The molecule has 0 atom stereocenters. The number of aromatic amines is 1. The Balaban J connectivity index is 1.94. The summed E-state index contributed by atoms with van der Waals surface area (Å²) in [6.07, 6.45) is 1.63. The van der Waals surface area contributed by atoms with Gasteiger partial charge in [0.25, 0.3) is 0 Å². The quantitative estimate of drug-likeness (QED) is 0.897. The monoisotopic (exact) mass is 338 g/mol. The Morgan fingerprint density at radius 2 is 2.10 bits per heavy atom. The molecule has 0 spiro atoms. The van der Waals surface area contributed by atoms with E-state index in [0.717, 1.165) is 5.56 Å². The normalized spacial score (nSPS) is 10.3. The standard InChI is InChI=1S/C14H12BrFN2O2/c15-12-3-2-11(16)5-10(12)6-14(20)18-8-9-1-4-13(19)17-7-9/h1-5,7H,6,8H2,(H,17,19)(H,18,20). The number of aromatic nitrogens is 1. The maximum Gasteiger partial charge on any atom is 0.247 e. The Hall–Kier alpha value is -1.95. The summed E-state index contributed by atoms with van der Waals surface area (Å²) < 4.78 is 13.8. The van der Waals surface area contributed by atoms with E-state index in [1.165, 1.54) is 18.2 Å². The van der Waals surface area contributed by atoms with E-state index in [-0.39, 0.29) is 23.7 Å². The van der Waals surface area contributed by atoms with Crippen molar-refractivity contribution in [1.29, 1.82) is 0 Å². The van der Waals surface area contributed by atoms with Gasteiger partial charge in [-0.2, -0.15) is 0 Å². The number of hydrogen-bond donors (Lipinski definition) is 2. The summed E-state index contributed by atoms with van der Waals surface area (Å²) >= 11 is 3.28. The van der Waals surface area contributed by atoms with Gasteiger partial charge in [0.1, 0.15) is 5.82 Å². The average molecular weight is 339 g/mol. The average Bonchev–Trinajstić information content (AvgIpc) is 2.42. The lowest BCUT2D eigenvalue weighted by Crippen LogP contribution is -2.25. The molecule has 4 nitrogen and oxygen atoms in total. The molecule has 0 saturated heterocycles. The van der Waals surface area contributed by atoms with E-state index >= 15 is 0 Å². The summed E-state index contributed by atoms with van der Waals surface area (Å²) in [5, 5.41) is 2.71. The lowest BCUT2D eigenvalue weighted by molar-refractivity contribution is -0.120. The second-order valence-corrected chi connectivity index (χ2v) is 5.10. The highest BCUT2D eigenvalue weighted by atomic mass is 79.9. The van der Waals surface area contributed by atoms with Crippen LogP contribution in [0.5, 0.6) is 0 Å². The Labute approximate surface area is 123 Å². The lowest BCUT2D eigenvalue weighted by Gasteiger charge is -2.07. The highest BCUT2D eigenvalue weighted by Crippen LogP contribution is 2.18. The molecule has 1 amide bonds. The topological polar surface area (TPSA) is 62.0 Å². The molecule has 2 aromatic rings. The van der Waals surface area contributed by atoms with Gasteiger partial charge in [0, 0.05) is 23.3 Å². The molecule has 1 aromatic heterocycles. The van der Waals surface area contributed by atoms with Crippen LogP contribution in [0.4, 0.5) is 4.39 Å². The first kappa shape index (κ1) is 14.5. The molecular weight excluding hydrogens is 327 g/mol. The predicted molar refractivity (Wildman–Crippen MR) is 76.7 cm³/mol. The van der Waals surface area contributed by atoms with E-state index in [2.05, 4.69) is 26.2 Å². The van der Waals surface area contributed by atoms with Crippen molar-refractivity contribution < 1.29 is 9.18 Å². The summed E-state index contributed by atoms with van der Waals surface area (Å²) in [5.74, 6) is -0.598. The second-order valence-electron chi connectivity index (χ2n) is 4.25. The predicted octanol–water partition coefficient (Wildman–Crippen LogP) is 2.14. The van der Waals surface area contributed by atoms with Crippen LogP contribution in [0, 0.1) is 5.82 Å². The Bertz CT molecular complexity index is 665. The van der Waals surface area contributed by atoms with Gasteiger partial charge in [-0.15, -0.1) is 0 Å². The molecule has 2 N–H and O–H groups in total. The summed E-state index contributed by atoms with van der Waals surface area (Å²) in [7, 11) is 0. The van der Waals surface area contributed by atoms with Gasteiger partial charge in [0.15, 0.2) is 0 Å². The molecule has 0 saturated carbocycles. The van der Waals surface area contributed by atoms with Gasteiger partial charge in [-0.25, -0.2) is 4.39 Å². The molecule has 0 radical (unpaired) electrons. The fourth-order valence-electron chi connectivity index (χ4n) is 1.67. The largest absolute Gasteiger partial charge is 0.352 e. The summed E-state index contributed by atoms with van der Waals surface area (Å²) in [6.45, 7) is 0.308. The van der Waals surface area contributed by atoms with Gasteiger partial charge >= 0.3 is 0 Å². The van der Waals surface area contributed by atoms with Crippen LogP contribution in [0.25, 0.3) is 0 Å². The van der Waals surface area contributed by atoms with Crippen molar-refractivity contribution in [3.8, 4) is 0 Å². The van der Waals surface area contributed by atoms with E-state index in [1.807, 2.05) is 0 Å². The van der Waals surface area contributed by atoms with Crippen molar-refractivity contribution in [2.45, 2.75) is 13.0 Å². The van der Waals surface area contributed by atoms with Crippen LogP contribution >= 0.6 is 15.9 Å². The van der Waals surface area contributed by atoms with Crippen LogP contribution in [0.2, 0.25) is 0 Å². The minimum Gasteiger partial charge on any atom is -0.352 e. The Morgan fingerprint density at radius 3 is 2.80 bits per heavy atom. The van der Waals surface area contributed by atoms with Gasteiger partial charge in [0.05, 0.1) is 6.42 Å². The third-order valence-corrected chi connectivity index (χ3v) is 3.47. The number of benzene rings is 1. The first-order valence-electron chi connectivity index (χ1n) is 5.93. The van der Waals surface area contributed by atoms with Crippen LogP contribution in [0.3, 0.4) is 0 Å². The number of amides is 1. The van der Waals surface area contributed by atoms with Gasteiger partial charge in [-0.05, 0) is 29.3 Å². The van der Waals surface area contributed by atoms with Crippen molar-refractivity contribution in [2.75, 3.05) is 0 Å². The zero-order chi connectivity index (χ0) is 14.5. The SMILES string of the molecule is O=C(Cc1cc(F)ccc1Br)NCc1ccc(=O)[nH]c1. The minimum atomic E-state index is -0.378. The number of nitrogens with one attached hydrogen (secondary N) is 2. The maximum atomic E-state index is 13.1. The molecule has 0 unspecified atom stereocenters. The van der Waals surface area contributed by atoms with Crippen LogP contribution in [-0.2, 0) is 17.8 Å². The first-order valence-corrected chi connectivity index (χ1v) is 6.72. The van der Waals surface area contributed by atoms with Crippen molar-refractivity contribution in [3.05, 3.63) is 68.3 Å². The van der Waals surface area contributed by atoms with Crippen LogP contribution in [0.1, 0.15) is 11.1 Å². The van der Waals surface area contributed by atoms with Gasteiger partial charge < -0.3 is 10.3 Å². The summed E-state index contributed by atoms with van der Waals surface area (Å²) in [6, 6.07) is 7.25. The molecule has 0 fully saturated rings. The second kappa shape index (κ2) is 6.47. The van der Waals surface area contributed by atoms with Gasteiger partial charge in [-0.3, -0.25) is 9.59 Å². The van der Waals surface area contributed by atoms with Crippen molar-refractivity contribution >= 4 is 21.8 Å². The van der Waals surface area contributed by atoms with Gasteiger partial charge in [0.2, 0.25) is 11.5 Å². The fraction of sp³-hybridized carbons (Fsp3) is 0.143. The number of H-pyrrole nitrogens is 1. The van der Waals surface area contributed by atoms with Crippen molar-refractivity contribution in [3.63, 3.8) is 0 Å². The summed E-state index contributed by atoms with van der Waals surface area (Å²) in [4.78, 5) is 25.2. The third-order valence-electron chi connectivity index (χ3n) is 2.70. The zero-order valence-electron chi connectivity index (χ0n) is 10.5. The maximum absolute atomic E-state index is 13.1. The molecule has 104 valence electrons. The molecule has 2 rings (SSSR count). The molecule has 0 aliphatic heterocycles. The molecular formula is C14H12BrFN2O2. The van der Waals surface area contributed by atoms with E-state index in [4.69, 9.17) is 0 Å². The molecule has 6 heteroatoms. The highest BCUT2D eigenvalue weighted by molar-refractivity contribution is 9.10. The number of carbonyl (C=O) groups is 1. The third kappa shape index (κ3) is 4.03. The number of carbonyl (C=O) groups excluding carboxylic acids is 1. The smallest absolute Gasteiger partial charge is 0.247 e. The highest BCUT2D eigenvalue weighted by Gasteiger charge is 2.08. The Kier molecular flexibility index (Phi) is 4.68. The van der Waals surface area contributed by atoms with Gasteiger partial charge in [-0.1, -0.05) is 22.0 Å². The number of rotatable bonds is 4. The van der Waals surface area contributed by atoms with Crippen molar-refractivity contribution in [1.82, 2.24) is 10.3 Å². The minimum absolute atomic E-state index is 0.0850. The molecule has 0 aliphatic rings. The Morgan fingerprint density at radius 1 is 1.30 bits per heavy atom. The van der Waals surface area contributed by atoms with E-state index in [9.17, 15) is 14.0 Å². The van der Waals surface area contributed by atoms with E-state index < -0.39 is 0 Å². The molecule has 20 heavy (non-hydrogen) atoms. The number of halogens is 2. The molecule has 1 aromatic carbocycles. The summed E-state index contributed by atoms with van der Waals surface area (Å²) in [5.41, 5.74) is 1.18. The molecule has 1 heterocycles. The fourth-order valence-corrected chi connectivity index (χ4v) is 2.05. The number of hydrogen-bond acceptors (Lipinski definition) is 2. The lowest BCUT2D eigenvalue weighted by atomic mass is 10.1. The van der Waals surface area contributed by atoms with Crippen LogP contribution in [0.15, 0.2) is 45.8 Å². The van der Waals surface area contributed by atoms with Crippen molar-refractivity contribution in [2.24, 2.45) is 0 Å².